The Morgan fingerprint density at radius 2 is 1.62 bits per heavy atom. The predicted octanol–water partition coefficient (Wildman–Crippen LogP) is 4.77. The highest BCUT2D eigenvalue weighted by atomic mass is 79.9. The summed E-state index contributed by atoms with van der Waals surface area (Å²) in [5.74, 6) is 0. The van der Waals surface area contributed by atoms with Crippen LogP contribution in [0.4, 0.5) is 5.69 Å². The van der Waals surface area contributed by atoms with Crippen molar-refractivity contribution in [2.45, 2.75) is 25.9 Å². The molecular formula is C16H17BrN2O2. The summed E-state index contributed by atoms with van der Waals surface area (Å²) in [7, 11) is 0. The molecule has 21 heavy (non-hydrogen) atoms. The molecule has 0 saturated heterocycles. The van der Waals surface area contributed by atoms with E-state index in [1.807, 2.05) is 25.1 Å². The van der Waals surface area contributed by atoms with Gasteiger partial charge in [0.15, 0.2) is 0 Å². The Morgan fingerprint density at radius 3 is 2.19 bits per heavy atom. The number of hydrogen-bond donors (Lipinski definition) is 1. The summed E-state index contributed by atoms with van der Waals surface area (Å²) < 4.78 is 1.04. The van der Waals surface area contributed by atoms with Crippen LogP contribution in [0, 0.1) is 10.1 Å². The van der Waals surface area contributed by atoms with E-state index in [0.717, 1.165) is 10.0 Å². The highest BCUT2D eigenvalue weighted by Gasteiger charge is 2.14. The Kier molecular flexibility index (Phi) is 5.09. The van der Waals surface area contributed by atoms with Crippen LogP contribution in [-0.4, -0.2) is 4.92 Å². The SMILES string of the molecule is CC(N[C@@H](C)c1cccc(Br)c1)c1cccc([N+](=O)[O-])c1. The lowest BCUT2D eigenvalue weighted by molar-refractivity contribution is -0.384. The average Bonchev–Trinajstić information content (AvgIpc) is 2.47. The summed E-state index contributed by atoms with van der Waals surface area (Å²) in [6.45, 7) is 4.09. The quantitative estimate of drug-likeness (QED) is 0.625. The smallest absolute Gasteiger partial charge is 0.269 e. The van der Waals surface area contributed by atoms with Gasteiger partial charge >= 0.3 is 0 Å². The number of rotatable bonds is 5. The normalized spacial score (nSPS) is 13.7. The first-order chi connectivity index (χ1) is 9.97. The van der Waals surface area contributed by atoms with Crippen molar-refractivity contribution in [3.05, 3.63) is 74.2 Å². The summed E-state index contributed by atoms with van der Waals surface area (Å²) >= 11 is 3.46. The fourth-order valence-corrected chi connectivity index (χ4v) is 2.67. The molecule has 5 heteroatoms. The first kappa shape index (κ1) is 15.7. The van der Waals surface area contributed by atoms with Crippen LogP contribution in [0.3, 0.4) is 0 Å². The van der Waals surface area contributed by atoms with E-state index in [2.05, 4.69) is 40.3 Å². The second-order valence-corrected chi connectivity index (χ2v) is 5.93. The molecule has 1 unspecified atom stereocenters. The van der Waals surface area contributed by atoms with Crippen molar-refractivity contribution in [1.82, 2.24) is 5.32 Å². The summed E-state index contributed by atoms with van der Waals surface area (Å²) in [6.07, 6.45) is 0. The van der Waals surface area contributed by atoms with Crippen molar-refractivity contribution >= 4 is 21.6 Å². The lowest BCUT2D eigenvalue weighted by atomic mass is 10.0. The van der Waals surface area contributed by atoms with Gasteiger partial charge in [-0.2, -0.15) is 0 Å². The first-order valence-corrected chi connectivity index (χ1v) is 7.52. The van der Waals surface area contributed by atoms with Crippen molar-refractivity contribution in [3.8, 4) is 0 Å². The fourth-order valence-electron chi connectivity index (χ4n) is 2.25. The molecular weight excluding hydrogens is 332 g/mol. The van der Waals surface area contributed by atoms with Gasteiger partial charge in [0.1, 0.15) is 0 Å². The topological polar surface area (TPSA) is 55.2 Å². The third kappa shape index (κ3) is 4.12. The third-order valence-corrected chi connectivity index (χ3v) is 3.92. The van der Waals surface area contributed by atoms with Gasteiger partial charge in [0.2, 0.25) is 0 Å². The maximum absolute atomic E-state index is 10.8. The predicted molar refractivity (Wildman–Crippen MR) is 87.2 cm³/mol. The van der Waals surface area contributed by atoms with E-state index in [-0.39, 0.29) is 22.7 Å². The zero-order chi connectivity index (χ0) is 15.4. The van der Waals surface area contributed by atoms with Crippen LogP contribution in [0.25, 0.3) is 0 Å². The van der Waals surface area contributed by atoms with Gasteiger partial charge in [0.05, 0.1) is 4.92 Å². The van der Waals surface area contributed by atoms with Crippen molar-refractivity contribution in [2.75, 3.05) is 0 Å². The van der Waals surface area contributed by atoms with Crippen LogP contribution < -0.4 is 5.32 Å². The van der Waals surface area contributed by atoms with E-state index in [0.29, 0.717) is 0 Å². The number of nitro groups is 1. The van der Waals surface area contributed by atoms with Crippen molar-refractivity contribution in [2.24, 2.45) is 0 Å². The van der Waals surface area contributed by atoms with Gasteiger partial charge in [0, 0.05) is 28.7 Å². The standard InChI is InChI=1S/C16H17BrN2O2/c1-11(13-5-3-7-15(17)9-13)18-12(2)14-6-4-8-16(10-14)19(20)21/h3-12,18H,1-2H3/t11-,12?/m0/s1. The molecule has 0 aromatic heterocycles. The second-order valence-electron chi connectivity index (χ2n) is 5.02. The molecule has 2 aromatic rings. The number of halogens is 1. The first-order valence-electron chi connectivity index (χ1n) is 6.73. The molecule has 0 aliphatic rings. The summed E-state index contributed by atoms with van der Waals surface area (Å²) in [4.78, 5) is 10.5. The zero-order valence-corrected chi connectivity index (χ0v) is 13.5. The molecule has 0 amide bonds. The molecule has 0 spiro atoms. The molecule has 2 atom stereocenters. The summed E-state index contributed by atoms with van der Waals surface area (Å²) in [6, 6.07) is 15.0. The number of nitrogens with zero attached hydrogens (tertiary/aromatic N) is 1. The maximum Gasteiger partial charge on any atom is 0.269 e. The van der Waals surface area contributed by atoms with Crippen LogP contribution >= 0.6 is 15.9 Å². The van der Waals surface area contributed by atoms with Crippen LogP contribution in [0.5, 0.6) is 0 Å². The largest absolute Gasteiger partial charge is 0.304 e. The Balaban J connectivity index is 2.12. The molecule has 2 rings (SSSR count). The lowest BCUT2D eigenvalue weighted by Crippen LogP contribution is -2.22. The fraction of sp³-hybridized carbons (Fsp3) is 0.250. The number of hydrogen-bond acceptors (Lipinski definition) is 3. The van der Waals surface area contributed by atoms with Crippen LogP contribution in [0.1, 0.15) is 37.1 Å². The molecule has 110 valence electrons. The Hall–Kier alpha value is -1.72. The second kappa shape index (κ2) is 6.83. The molecule has 0 fully saturated rings. The minimum atomic E-state index is -0.367. The molecule has 0 bridgehead atoms. The van der Waals surface area contributed by atoms with Gasteiger partial charge in [0.25, 0.3) is 5.69 Å². The maximum atomic E-state index is 10.8. The summed E-state index contributed by atoms with van der Waals surface area (Å²) in [5, 5.41) is 14.3. The zero-order valence-electron chi connectivity index (χ0n) is 11.9. The van der Waals surface area contributed by atoms with E-state index in [4.69, 9.17) is 0 Å². The van der Waals surface area contributed by atoms with Gasteiger partial charge in [-0.15, -0.1) is 0 Å². The highest BCUT2D eigenvalue weighted by molar-refractivity contribution is 9.10. The molecule has 1 N–H and O–H groups in total. The molecule has 0 aliphatic heterocycles. The van der Waals surface area contributed by atoms with Crippen molar-refractivity contribution in [1.29, 1.82) is 0 Å². The monoisotopic (exact) mass is 348 g/mol. The average molecular weight is 349 g/mol. The highest BCUT2D eigenvalue weighted by Crippen LogP contribution is 2.23. The van der Waals surface area contributed by atoms with Crippen molar-refractivity contribution < 1.29 is 4.92 Å². The molecule has 0 heterocycles. The molecule has 0 radical (unpaired) electrons. The van der Waals surface area contributed by atoms with Gasteiger partial charge in [-0.05, 0) is 37.1 Å². The van der Waals surface area contributed by atoms with Crippen LogP contribution in [0.15, 0.2) is 53.0 Å². The van der Waals surface area contributed by atoms with Crippen molar-refractivity contribution in [3.63, 3.8) is 0 Å². The lowest BCUT2D eigenvalue weighted by Gasteiger charge is -2.21. The Morgan fingerprint density at radius 1 is 1.05 bits per heavy atom. The van der Waals surface area contributed by atoms with E-state index < -0.39 is 0 Å². The molecule has 4 nitrogen and oxygen atoms in total. The molecule has 2 aromatic carbocycles. The van der Waals surface area contributed by atoms with E-state index in [1.54, 1.807) is 12.1 Å². The van der Waals surface area contributed by atoms with Gasteiger partial charge in [-0.25, -0.2) is 0 Å². The number of nitrogens with one attached hydrogen (secondary N) is 1. The Labute approximate surface area is 132 Å². The van der Waals surface area contributed by atoms with E-state index in [9.17, 15) is 10.1 Å². The number of benzene rings is 2. The summed E-state index contributed by atoms with van der Waals surface area (Å²) in [5.41, 5.74) is 2.20. The minimum absolute atomic E-state index is 0.0267. The van der Waals surface area contributed by atoms with Gasteiger partial charge < -0.3 is 5.32 Å². The third-order valence-electron chi connectivity index (χ3n) is 3.43. The number of non-ortho nitro benzene ring substituents is 1. The van der Waals surface area contributed by atoms with Gasteiger partial charge in [-0.1, -0.05) is 40.2 Å². The Bertz CT molecular complexity index is 646. The molecule has 0 saturated carbocycles. The molecule has 0 aliphatic carbocycles. The minimum Gasteiger partial charge on any atom is -0.304 e. The van der Waals surface area contributed by atoms with E-state index in [1.165, 1.54) is 11.6 Å². The van der Waals surface area contributed by atoms with E-state index >= 15 is 0 Å². The van der Waals surface area contributed by atoms with Crippen LogP contribution in [-0.2, 0) is 0 Å². The number of nitro benzene ring substituents is 1. The van der Waals surface area contributed by atoms with Crippen LogP contribution in [0.2, 0.25) is 0 Å². The van der Waals surface area contributed by atoms with Gasteiger partial charge in [-0.3, -0.25) is 10.1 Å².